The third kappa shape index (κ3) is 4.48. The van der Waals surface area contributed by atoms with Crippen molar-refractivity contribution in [1.29, 1.82) is 0 Å². The number of amides is 2. The summed E-state index contributed by atoms with van der Waals surface area (Å²) in [5.41, 5.74) is 9.75. The first-order valence-electron chi connectivity index (χ1n) is 10.9. The molecule has 2 fully saturated rings. The summed E-state index contributed by atoms with van der Waals surface area (Å²) >= 11 is 1.43. The maximum atomic E-state index is 13.0. The molecule has 0 spiro atoms. The molecule has 0 radical (unpaired) electrons. The van der Waals surface area contributed by atoms with E-state index in [9.17, 15) is 4.79 Å². The van der Waals surface area contributed by atoms with Gasteiger partial charge in [0.2, 0.25) is 11.8 Å². The van der Waals surface area contributed by atoms with E-state index in [4.69, 9.17) is 15.2 Å². The summed E-state index contributed by atoms with van der Waals surface area (Å²) in [7, 11) is 0. The zero-order chi connectivity index (χ0) is 22.9. The van der Waals surface area contributed by atoms with Crippen LogP contribution in [0.4, 0.5) is 22.2 Å². The average molecular weight is 471 g/mol. The number of urea groups is 1. The number of aromatic nitrogens is 4. The highest BCUT2D eigenvalue weighted by Crippen LogP contribution is 2.29. The number of hydrogen-bond donors (Lipinski definition) is 2. The molecule has 2 aliphatic rings. The van der Waals surface area contributed by atoms with Crippen LogP contribution >= 0.6 is 11.3 Å². The molecule has 11 nitrogen and oxygen atoms in total. The number of pyridine rings is 1. The van der Waals surface area contributed by atoms with Gasteiger partial charge in [-0.05, 0) is 19.9 Å². The number of nitrogens with two attached hydrogens (primary N) is 1. The number of ether oxygens (including phenoxy) is 2. The largest absolute Gasteiger partial charge is 0.472 e. The predicted octanol–water partition coefficient (Wildman–Crippen LogP) is 2.28. The van der Waals surface area contributed by atoms with Crippen LogP contribution in [0.25, 0.3) is 10.3 Å². The fraction of sp³-hybridized carbons (Fsp3) is 0.476. The van der Waals surface area contributed by atoms with E-state index in [-0.39, 0.29) is 24.1 Å². The Morgan fingerprint density at radius 3 is 2.94 bits per heavy atom. The number of carbonyl (C=O) groups excluding carboxylic acids is 1. The lowest BCUT2D eigenvalue weighted by molar-refractivity contribution is 0.138. The van der Waals surface area contributed by atoms with Gasteiger partial charge in [-0.25, -0.2) is 19.7 Å². The molecule has 5 rings (SSSR count). The molecular formula is C21H26N8O3S. The Hall–Kier alpha value is -3.25. The maximum absolute atomic E-state index is 13.0. The van der Waals surface area contributed by atoms with Crippen LogP contribution in [0.3, 0.4) is 0 Å². The molecule has 0 aliphatic carbocycles. The number of aryl methyl sites for hydroxylation is 1. The van der Waals surface area contributed by atoms with E-state index in [1.807, 2.05) is 13.0 Å². The third-order valence-electron chi connectivity index (χ3n) is 5.86. The quantitative estimate of drug-likeness (QED) is 0.589. The van der Waals surface area contributed by atoms with E-state index in [1.165, 1.54) is 11.3 Å². The highest BCUT2D eigenvalue weighted by Gasteiger charge is 2.30. The second-order valence-corrected chi connectivity index (χ2v) is 9.05. The van der Waals surface area contributed by atoms with E-state index in [2.05, 4.69) is 37.1 Å². The van der Waals surface area contributed by atoms with Crippen molar-refractivity contribution in [2.75, 3.05) is 48.8 Å². The first kappa shape index (κ1) is 21.6. The van der Waals surface area contributed by atoms with Crippen molar-refractivity contribution in [3.8, 4) is 5.88 Å². The highest BCUT2D eigenvalue weighted by atomic mass is 32.1. The van der Waals surface area contributed by atoms with Gasteiger partial charge in [-0.15, -0.1) is 11.3 Å². The van der Waals surface area contributed by atoms with Gasteiger partial charge in [-0.3, -0.25) is 0 Å². The number of nitrogens with one attached hydrogen (secondary N) is 1. The molecule has 3 aromatic heterocycles. The molecule has 2 atom stereocenters. The molecule has 5 heterocycles. The number of anilines is 3. The number of carbonyl (C=O) groups is 1. The fourth-order valence-electron chi connectivity index (χ4n) is 4.13. The summed E-state index contributed by atoms with van der Waals surface area (Å²) in [6.45, 7) is 6.90. The van der Waals surface area contributed by atoms with Crippen LogP contribution in [0.15, 0.2) is 17.6 Å². The second-order valence-electron chi connectivity index (χ2n) is 8.22. The Labute approximate surface area is 194 Å². The van der Waals surface area contributed by atoms with Crippen LogP contribution < -0.4 is 20.7 Å². The number of piperazine rings is 1. The van der Waals surface area contributed by atoms with Crippen LogP contribution in [-0.4, -0.2) is 75.9 Å². The lowest BCUT2D eigenvalue weighted by Crippen LogP contribution is -2.55. The molecule has 2 aliphatic heterocycles. The summed E-state index contributed by atoms with van der Waals surface area (Å²) in [6, 6.07) is 3.48. The van der Waals surface area contributed by atoms with Gasteiger partial charge in [0.05, 0.1) is 30.1 Å². The average Bonchev–Trinajstić information content (AvgIpc) is 3.47. The number of nitrogen functional groups attached to an aromatic ring is 1. The summed E-state index contributed by atoms with van der Waals surface area (Å²) in [5, 5.41) is 2.98. The standard InChI is InChI=1S/C21H26N8O3S/c1-12-9-28(6-7-29(12)18-17-19(33-11-23-17)27-20(22)26-18)21(30)25-15-3-4-16(24-13(15)2)32-14-5-8-31-10-14/h3-4,11-12,14H,5-10H2,1-2H3,(H,25,30)(H2,22,26,27). The molecule has 33 heavy (non-hydrogen) atoms. The van der Waals surface area contributed by atoms with Gasteiger partial charge >= 0.3 is 6.03 Å². The summed E-state index contributed by atoms with van der Waals surface area (Å²) in [5.74, 6) is 1.49. The molecule has 174 valence electrons. The van der Waals surface area contributed by atoms with Crippen molar-refractivity contribution >= 4 is 45.2 Å². The van der Waals surface area contributed by atoms with Gasteiger partial charge in [-0.2, -0.15) is 4.98 Å². The first-order valence-corrected chi connectivity index (χ1v) is 11.8. The molecule has 0 bridgehead atoms. The third-order valence-corrected chi connectivity index (χ3v) is 6.58. The van der Waals surface area contributed by atoms with Gasteiger partial charge in [0.15, 0.2) is 10.6 Å². The number of nitrogens with zero attached hydrogens (tertiary/aromatic N) is 6. The van der Waals surface area contributed by atoms with E-state index in [0.29, 0.717) is 50.1 Å². The van der Waals surface area contributed by atoms with E-state index >= 15 is 0 Å². The number of thiazole rings is 1. The van der Waals surface area contributed by atoms with Gasteiger partial charge < -0.3 is 30.3 Å². The molecule has 12 heteroatoms. The van der Waals surface area contributed by atoms with Crippen LogP contribution in [0.5, 0.6) is 5.88 Å². The smallest absolute Gasteiger partial charge is 0.322 e. The highest BCUT2D eigenvalue weighted by molar-refractivity contribution is 7.16. The minimum Gasteiger partial charge on any atom is -0.472 e. The summed E-state index contributed by atoms with van der Waals surface area (Å²) in [6.07, 6.45) is 0.893. The maximum Gasteiger partial charge on any atom is 0.322 e. The summed E-state index contributed by atoms with van der Waals surface area (Å²) < 4.78 is 11.2. The molecular weight excluding hydrogens is 444 g/mol. The fourth-order valence-corrected chi connectivity index (χ4v) is 4.79. The van der Waals surface area contributed by atoms with Crippen molar-refractivity contribution in [2.24, 2.45) is 0 Å². The van der Waals surface area contributed by atoms with E-state index in [1.54, 1.807) is 16.5 Å². The zero-order valence-electron chi connectivity index (χ0n) is 18.5. The topological polar surface area (TPSA) is 132 Å². The Bertz CT molecular complexity index is 1170. The van der Waals surface area contributed by atoms with Crippen molar-refractivity contribution in [2.45, 2.75) is 32.4 Å². The Morgan fingerprint density at radius 2 is 2.18 bits per heavy atom. The van der Waals surface area contributed by atoms with Crippen molar-refractivity contribution in [3.63, 3.8) is 0 Å². The Morgan fingerprint density at radius 1 is 1.30 bits per heavy atom. The van der Waals surface area contributed by atoms with Crippen molar-refractivity contribution < 1.29 is 14.3 Å². The van der Waals surface area contributed by atoms with Crippen LogP contribution in [0.1, 0.15) is 19.0 Å². The molecule has 2 unspecified atom stereocenters. The van der Waals surface area contributed by atoms with E-state index < -0.39 is 0 Å². The minimum absolute atomic E-state index is 0.0332. The van der Waals surface area contributed by atoms with Gasteiger partial charge in [0.25, 0.3) is 0 Å². The zero-order valence-corrected chi connectivity index (χ0v) is 19.3. The molecule has 2 amide bonds. The van der Waals surface area contributed by atoms with Crippen LogP contribution in [-0.2, 0) is 4.74 Å². The lowest BCUT2D eigenvalue weighted by atomic mass is 10.2. The van der Waals surface area contributed by atoms with Gasteiger partial charge in [-0.1, -0.05) is 0 Å². The normalized spacial score (nSPS) is 20.9. The monoisotopic (exact) mass is 470 g/mol. The SMILES string of the molecule is Cc1nc(OC2CCOC2)ccc1NC(=O)N1CCN(c2nc(N)nc3scnc23)C(C)C1. The molecule has 2 saturated heterocycles. The summed E-state index contributed by atoms with van der Waals surface area (Å²) in [4.78, 5) is 35.2. The molecule has 3 N–H and O–H groups in total. The molecule has 0 aromatic carbocycles. The number of fused-ring (bicyclic) bond motifs is 1. The molecule has 3 aromatic rings. The van der Waals surface area contributed by atoms with E-state index in [0.717, 1.165) is 22.6 Å². The van der Waals surface area contributed by atoms with Crippen molar-refractivity contribution in [1.82, 2.24) is 24.8 Å². The Balaban J connectivity index is 1.23. The number of hydrogen-bond acceptors (Lipinski definition) is 10. The Kier molecular flexibility index (Phi) is 5.85. The second kappa shape index (κ2) is 8.94. The first-order chi connectivity index (χ1) is 16.0. The van der Waals surface area contributed by atoms with Crippen molar-refractivity contribution in [3.05, 3.63) is 23.3 Å². The van der Waals surface area contributed by atoms with Gasteiger partial charge in [0, 0.05) is 38.2 Å². The lowest BCUT2D eigenvalue weighted by Gasteiger charge is -2.40. The van der Waals surface area contributed by atoms with Gasteiger partial charge in [0.1, 0.15) is 11.6 Å². The molecule has 0 saturated carbocycles. The predicted molar refractivity (Wildman–Crippen MR) is 126 cm³/mol. The number of rotatable bonds is 4. The van der Waals surface area contributed by atoms with Crippen LogP contribution in [0.2, 0.25) is 0 Å². The van der Waals surface area contributed by atoms with Crippen LogP contribution in [0, 0.1) is 6.92 Å². The minimum atomic E-state index is -0.162.